The van der Waals surface area contributed by atoms with Crippen molar-refractivity contribution in [1.29, 1.82) is 0 Å². The molecule has 0 saturated heterocycles. The third kappa shape index (κ3) is 8.31. The molecule has 0 atom stereocenters. The molecule has 2 heterocycles. The van der Waals surface area contributed by atoms with Crippen LogP contribution in [0, 0.1) is 6.92 Å². The summed E-state index contributed by atoms with van der Waals surface area (Å²) in [6, 6.07) is 26.4. The number of para-hydroxylation sites is 2. The van der Waals surface area contributed by atoms with Gasteiger partial charge in [0.25, 0.3) is 5.91 Å². The molecular formula is C37H42BrN5O2. The summed E-state index contributed by atoms with van der Waals surface area (Å²) < 4.78 is 10.2. The maximum Gasteiger partial charge on any atom is 0.251 e. The molecule has 6 rings (SSSR count). The third-order valence-electron chi connectivity index (χ3n) is 7.78. The number of halogens is 1. The van der Waals surface area contributed by atoms with Crippen molar-refractivity contribution in [2.24, 2.45) is 0 Å². The predicted molar refractivity (Wildman–Crippen MR) is 184 cm³/mol. The molecule has 1 aliphatic rings. The van der Waals surface area contributed by atoms with E-state index in [1.54, 1.807) is 0 Å². The Morgan fingerprint density at radius 3 is 1.93 bits per heavy atom. The summed E-state index contributed by atoms with van der Waals surface area (Å²) in [6.07, 6.45) is 10.1. The minimum Gasteiger partial charge on any atom is -0.488 e. The number of nitrogens with one attached hydrogen (secondary N) is 1. The van der Waals surface area contributed by atoms with Crippen LogP contribution in [-0.4, -0.2) is 31.5 Å². The highest BCUT2D eigenvalue weighted by molar-refractivity contribution is 9.08. The monoisotopic (exact) mass is 667 g/mol. The SMILES string of the molecule is CCCc1c(CBr)cnn1-c1ccccc1.CCCc1c(COc2cc(C(=O)NC3CC3)ccc2C)cnn1-c1ccccc1. The van der Waals surface area contributed by atoms with Gasteiger partial charge in [-0.25, -0.2) is 9.36 Å². The van der Waals surface area contributed by atoms with Gasteiger partial charge in [-0.15, -0.1) is 0 Å². The van der Waals surface area contributed by atoms with Crippen molar-refractivity contribution in [2.75, 3.05) is 0 Å². The molecule has 1 amide bonds. The van der Waals surface area contributed by atoms with E-state index in [0.29, 0.717) is 18.2 Å². The lowest BCUT2D eigenvalue weighted by Gasteiger charge is -2.13. The van der Waals surface area contributed by atoms with Crippen molar-refractivity contribution in [3.63, 3.8) is 0 Å². The van der Waals surface area contributed by atoms with Gasteiger partial charge in [-0.3, -0.25) is 4.79 Å². The van der Waals surface area contributed by atoms with Crippen LogP contribution in [0.2, 0.25) is 0 Å². The molecule has 0 unspecified atom stereocenters. The highest BCUT2D eigenvalue weighted by atomic mass is 79.9. The van der Waals surface area contributed by atoms with Crippen LogP contribution in [0.25, 0.3) is 11.4 Å². The topological polar surface area (TPSA) is 74.0 Å². The van der Waals surface area contributed by atoms with Gasteiger partial charge >= 0.3 is 0 Å². The molecule has 7 nitrogen and oxygen atoms in total. The van der Waals surface area contributed by atoms with Crippen LogP contribution in [0.5, 0.6) is 5.75 Å². The van der Waals surface area contributed by atoms with Gasteiger partial charge in [0.05, 0.1) is 29.5 Å². The van der Waals surface area contributed by atoms with E-state index in [9.17, 15) is 4.79 Å². The van der Waals surface area contributed by atoms with Gasteiger partial charge in [-0.05, 0) is 74.6 Å². The van der Waals surface area contributed by atoms with E-state index in [4.69, 9.17) is 4.74 Å². The normalized spacial score (nSPS) is 12.4. The summed E-state index contributed by atoms with van der Waals surface area (Å²) in [5.74, 6) is 0.712. The fourth-order valence-corrected chi connectivity index (χ4v) is 5.65. The Morgan fingerprint density at radius 2 is 1.40 bits per heavy atom. The molecule has 5 aromatic rings. The standard InChI is InChI=1S/C24H27N3O2.C13H15BrN2/c1-3-7-22-19(15-25-27(22)21-8-5-4-6-9-21)16-29-23-14-18(11-10-17(23)2)24(28)26-20-12-13-20;1-2-6-13-11(9-14)10-15-16(13)12-7-4-3-5-8-12/h4-6,8-11,14-15,20H,3,7,12-13,16H2,1-2H3,(H,26,28);3-5,7-8,10H,2,6,9H2,1H3. The number of ether oxygens (including phenoxy) is 1. The van der Waals surface area contributed by atoms with E-state index in [2.05, 4.69) is 69.6 Å². The van der Waals surface area contributed by atoms with E-state index in [0.717, 1.165) is 72.1 Å². The van der Waals surface area contributed by atoms with Crippen LogP contribution in [0.4, 0.5) is 0 Å². The number of amides is 1. The maximum atomic E-state index is 12.4. The zero-order valence-electron chi connectivity index (χ0n) is 26.4. The highest BCUT2D eigenvalue weighted by Crippen LogP contribution is 2.25. The summed E-state index contributed by atoms with van der Waals surface area (Å²) in [6.45, 7) is 6.79. The summed E-state index contributed by atoms with van der Waals surface area (Å²) in [5, 5.41) is 13.0. The largest absolute Gasteiger partial charge is 0.488 e. The zero-order chi connectivity index (χ0) is 31.6. The van der Waals surface area contributed by atoms with Crippen LogP contribution in [0.1, 0.15) is 78.0 Å². The Labute approximate surface area is 274 Å². The molecule has 0 spiro atoms. The number of carbonyl (C=O) groups excluding carboxylic acids is 1. The highest BCUT2D eigenvalue weighted by Gasteiger charge is 2.24. The van der Waals surface area contributed by atoms with Crippen molar-refractivity contribution in [3.8, 4) is 17.1 Å². The van der Waals surface area contributed by atoms with Crippen LogP contribution >= 0.6 is 15.9 Å². The first-order chi connectivity index (χ1) is 22.0. The fourth-order valence-electron chi connectivity index (χ4n) is 5.19. The van der Waals surface area contributed by atoms with Gasteiger partial charge < -0.3 is 10.1 Å². The molecule has 1 aliphatic carbocycles. The minimum absolute atomic E-state index is 0.0269. The Balaban J connectivity index is 0.000000211. The van der Waals surface area contributed by atoms with Crippen molar-refractivity contribution in [3.05, 3.63) is 125 Å². The number of hydrogen-bond donors (Lipinski definition) is 1. The average molecular weight is 669 g/mol. The van der Waals surface area contributed by atoms with Gasteiger partial charge in [0.1, 0.15) is 12.4 Å². The molecule has 1 N–H and O–H groups in total. The van der Waals surface area contributed by atoms with Crippen molar-refractivity contribution < 1.29 is 9.53 Å². The third-order valence-corrected chi connectivity index (χ3v) is 8.38. The number of alkyl halides is 1. The predicted octanol–water partition coefficient (Wildman–Crippen LogP) is 8.32. The quantitative estimate of drug-likeness (QED) is 0.136. The van der Waals surface area contributed by atoms with Crippen LogP contribution in [0.3, 0.4) is 0 Å². The Morgan fingerprint density at radius 1 is 0.844 bits per heavy atom. The minimum atomic E-state index is -0.0269. The molecule has 45 heavy (non-hydrogen) atoms. The number of rotatable bonds is 12. The van der Waals surface area contributed by atoms with E-state index in [-0.39, 0.29) is 5.91 Å². The average Bonchev–Trinajstić information content (AvgIpc) is 3.66. The number of nitrogens with zero attached hydrogens (tertiary/aromatic N) is 4. The lowest BCUT2D eigenvalue weighted by Crippen LogP contribution is -2.25. The first kappa shape index (κ1) is 32.2. The molecule has 8 heteroatoms. The van der Waals surface area contributed by atoms with Crippen LogP contribution < -0.4 is 10.1 Å². The summed E-state index contributed by atoms with van der Waals surface area (Å²) >= 11 is 3.51. The fraction of sp³-hybridized carbons (Fsp3) is 0.324. The molecule has 0 bridgehead atoms. The number of benzene rings is 3. The van der Waals surface area contributed by atoms with E-state index in [1.165, 1.54) is 17.0 Å². The van der Waals surface area contributed by atoms with E-state index in [1.807, 2.05) is 83.3 Å². The van der Waals surface area contributed by atoms with Crippen molar-refractivity contribution in [1.82, 2.24) is 24.9 Å². The smallest absolute Gasteiger partial charge is 0.251 e. The number of carbonyl (C=O) groups is 1. The number of aromatic nitrogens is 4. The van der Waals surface area contributed by atoms with Gasteiger partial charge in [-0.1, -0.05) is 85.1 Å². The second kappa shape index (κ2) is 15.7. The summed E-state index contributed by atoms with van der Waals surface area (Å²) in [4.78, 5) is 12.4. The van der Waals surface area contributed by atoms with E-state index < -0.39 is 0 Å². The molecule has 0 aliphatic heterocycles. The van der Waals surface area contributed by atoms with Crippen molar-refractivity contribution in [2.45, 2.75) is 77.3 Å². The molecule has 1 fully saturated rings. The zero-order valence-corrected chi connectivity index (χ0v) is 28.0. The molecule has 2 aromatic heterocycles. The van der Waals surface area contributed by atoms with E-state index >= 15 is 0 Å². The molecular weight excluding hydrogens is 626 g/mol. The number of hydrogen-bond acceptors (Lipinski definition) is 4. The van der Waals surface area contributed by atoms with Crippen molar-refractivity contribution >= 4 is 21.8 Å². The second-order valence-corrected chi connectivity index (χ2v) is 11.9. The van der Waals surface area contributed by atoms with Crippen LogP contribution in [0.15, 0.2) is 91.3 Å². The molecule has 0 radical (unpaired) electrons. The van der Waals surface area contributed by atoms with Gasteiger partial charge in [0.2, 0.25) is 0 Å². The first-order valence-electron chi connectivity index (χ1n) is 15.8. The second-order valence-electron chi connectivity index (χ2n) is 11.4. The Bertz CT molecular complexity index is 1680. The maximum absolute atomic E-state index is 12.4. The Hall–Kier alpha value is -4.17. The van der Waals surface area contributed by atoms with Gasteiger partial charge in [-0.2, -0.15) is 10.2 Å². The first-order valence-corrected chi connectivity index (χ1v) is 17.0. The van der Waals surface area contributed by atoms with Gasteiger partial charge in [0, 0.05) is 33.8 Å². The lowest BCUT2D eigenvalue weighted by atomic mass is 10.1. The summed E-state index contributed by atoms with van der Waals surface area (Å²) in [7, 11) is 0. The van der Waals surface area contributed by atoms with Crippen LogP contribution in [-0.2, 0) is 24.8 Å². The molecule has 1 saturated carbocycles. The lowest BCUT2D eigenvalue weighted by molar-refractivity contribution is 0.0950. The van der Waals surface area contributed by atoms with Gasteiger partial charge in [0.15, 0.2) is 0 Å². The molecule has 234 valence electrons. The molecule has 3 aromatic carbocycles. The summed E-state index contributed by atoms with van der Waals surface area (Å²) in [5.41, 5.74) is 8.68. The number of aryl methyl sites for hydroxylation is 1. The Kier molecular flexibility index (Phi) is 11.3.